The third kappa shape index (κ3) is 3.30. The number of likely N-dealkylation sites (tertiary alicyclic amines) is 1. The Bertz CT molecular complexity index is 549. The van der Waals surface area contributed by atoms with Crippen LogP contribution in [0.15, 0.2) is 30.3 Å². The van der Waals surface area contributed by atoms with Crippen molar-refractivity contribution in [3.05, 3.63) is 30.3 Å². The van der Waals surface area contributed by atoms with Gasteiger partial charge in [0.1, 0.15) is 5.54 Å². The number of anilines is 1. The summed E-state index contributed by atoms with van der Waals surface area (Å²) >= 11 is 0. The van der Waals surface area contributed by atoms with Crippen LogP contribution in [0.4, 0.5) is 5.69 Å². The van der Waals surface area contributed by atoms with Crippen LogP contribution in [0.2, 0.25) is 0 Å². The van der Waals surface area contributed by atoms with Gasteiger partial charge in [-0.1, -0.05) is 32.0 Å². The van der Waals surface area contributed by atoms with Gasteiger partial charge in [-0.3, -0.25) is 4.79 Å². The summed E-state index contributed by atoms with van der Waals surface area (Å²) in [4.78, 5) is 17.5. The van der Waals surface area contributed by atoms with E-state index in [-0.39, 0.29) is 11.4 Å². The van der Waals surface area contributed by atoms with Gasteiger partial charge in [0.05, 0.1) is 6.67 Å². The fourth-order valence-corrected chi connectivity index (χ4v) is 4.12. The second-order valence-corrected chi connectivity index (χ2v) is 7.82. The van der Waals surface area contributed by atoms with E-state index in [1.807, 2.05) is 6.07 Å². The molecule has 1 unspecified atom stereocenters. The van der Waals surface area contributed by atoms with Crippen LogP contribution in [0.3, 0.4) is 0 Å². The van der Waals surface area contributed by atoms with E-state index >= 15 is 0 Å². The predicted octanol–water partition coefficient (Wildman–Crippen LogP) is 3.24. The predicted molar refractivity (Wildman–Crippen MR) is 99.0 cm³/mol. The topological polar surface area (TPSA) is 35.6 Å². The Labute approximate surface area is 146 Å². The summed E-state index contributed by atoms with van der Waals surface area (Å²) < 4.78 is 0. The van der Waals surface area contributed by atoms with Crippen molar-refractivity contribution >= 4 is 11.6 Å². The van der Waals surface area contributed by atoms with Gasteiger partial charge in [-0.2, -0.15) is 0 Å². The number of nitrogens with one attached hydrogen (secondary N) is 1. The molecular weight excluding hydrogens is 298 g/mol. The van der Waals surface area contributed by atoms with Crippen molar-refractivity contribution in [2.75, 3.05) is 24.7 Å². The molecule has 0 bridgehead atoms. The Morgan fingerprint density at radius 3 is 2.38 bits per heavy atom. The van der Waals surface area contributed by atoms with Gasteiger partial charge in [-0.25, -0.2) is 0 Å². The molecule has 2 fully saturated rings. The number of hydrogen-bond acceptors (Lipinski definition) is 3. The van der Waals surface area contributed by atoms with Gasteiger partial charge in [0.25, 0.3) is 0 Å². The van der Waals surface area contributed by atoms with Crippen LogP contribution in [0, 0.1) is 5.92 Å². The summed E-state index contributed by atoms with van der Waals surface area (Å²) in [5, 5.41) is 3.08. The van der Waals surface area contributed by atoms with Crippen LogP contribution in [0.5, 0.6) is 0 Å². The Morgan fingerprint density at radius 1 is 1.08 bits per heavy atom. The first-order valence-corrected chi connectivity index (χ1v) is 9.38. The Kier molecular flexibility index (Phi) is 5.14. The van der Waals surface area contributed by atoms with Crippen molar-refractivity contribution in [2.45, 2.75) is 58.0 Å². The average molecular weight is 329 g/mol. The van der Waals surface area contributed by atoms with Crippen molar-refractivity contribution in [1.82, 2.24) is 10.2 Å². The minimum atomic E-state index is -0.352. The maximum absolute atomic E-state index is 12.7. The van der Waals surface area contributed by atoms with Crippen molar-refractivity contribution in [3.63, 3.8) is 0 Å². The molecule has 1 amide bonds. The molecule has 3 rings (SSSR count). The lowest BCUT2D eigenvalue weighted by Crippen LogP contribution is -2.57. The van der Waals surface area contributed by atoms with E-state index < -0.39 is 0 Å². The van der Waals surface area contributed by atoms with Crippen LogP contribution in [0.1, 0.15) is 46.5 Å². The lowest BCUT2D eigenvalue weighted by atomic mass is 9.85. The van der Waals surface area contributed by atoms with E-state index in [9.17, 15) is 4.79 Å². The summed E-state index contributed by atoms with van der Waals surface area (Å²) in [6.07, 6.45) is 4.36. The molecule has 2 saturated heterocycles. The maximum Gasteiger partial charge on any atom is 0.247 e. The van der Waals surface area contributed by atoms with Gasteiger partial charge in [-0.15, -0.1) is 0 Å². The summed E-state index contributed by atoms with van der Waals surface area (Å²) in [6, 6.07) is 11.0. The fraction of sp³-hybridized carbons (Fsp3) is 0.650. The van der Waals surface area contributed by atoms with Crippen molar-refractivity contribution < 1.29 is 4.79 Å². The first-order valence-electron chi connectivity index (χ1n) is 9.38. The minimum absolute atomic E-state index is 0.209. The molecular formula is C20H31N3O. The van der Waals surface area contributed by atoms with Crippen molar-refractivity contribution in [3.8, 4) is 0 Å². The van der Waals surface area contributed by atoms with E-state index in [1.165, 1.54) is 12.8 Å². The number of benzene rings is 1. The van der Waals surface area contributed by atoms with Crippen LogP contribution in [0.25, 0.3) is 0 Å². The molecule has 1 aromatic rings. The molecule has 1 aromatic carbocycles. The van der Waals surface area contributed by atoms with Crippen LogP contribution >= 0.6 is 0 Å². The van der Waals surface area contributed by atoms with Gasteiger partial charge < -0.3 is 15.1 Å². The highest BCUT2D eigenvalue weighted by molar-refractivity contribution is 5.93. The molecule has 1 spiro atoms. The van der Waals surface area contributed by atoms with E-state index in [2.05, 4.69) is 60.2 Å². The molecule has 2 aliphatic rings. The largest absolute Gasteiger partial charge is 0.339 e. The molecule has 2 aliphatic heterocycles. The van der Waals surface area contributed by atoms with Gasteiger partial charge in [0.15, 0.2) is 0 Å². The summed E-state index contributed by atoms with van der Waals surface area (Å²) in [7, 11) is 0. The van der Waals surface area contributed by atoms with E-state index in [0.29, 0.717) is 12.7 Å². The average Bonchev–Trinajstić information content (AvgIpc) is 2.90. The quantitative estimate of drug-likeness (QED) is 0.901. The van der Waals surface area contributed by atoms with Gasteiger partial charge in [0, 0.05) is 24.8 Å². The SMILES string of the molecule is CC(C)CCC(C)N1CCC2(CC1)C(=O)NCN2c1ccccc1. The molecule has 0 aliphatic carbocycles. The zero-order valence-corrected chi connectivity index (χ0v) is 15.3. The highest BCUT2D eigenvalue weighted by atomic mass is 16.2. The highest BCUT2D eigenvalue weighted by Gasteiger charge is 2.50. The second-order valence-electron chi connectivity index (χ2n) is 7.82. The molecule has 4 nitrogen and oxygen atoms in total. The summed E-state index contributed by atoms with van der Waals surface area (Å²) in [5.41, 5.74) is 0.799. The zero-order valence-electron chi connectivity index (χ0n) is 15.3. The maximum atomic E-state index is 12.7. The molecule has 0 radical (unpaired) electrons. The molecule has 1 atom stereocenters. The summed E-state index contributed by atoms with van der Waals surface area (Å²) in [5.74, 6) is 0.971. The molecule has 24 heavy (non-hydrogen) atoms. The number of amides is 1. The fourth-order valence-electron chi connectivity index (χ4n) is 4.12. The minimum Gasteiger partial charge on any atom is -0.339 e. The van der Waals surface area contributed by atoms with Crippen LogP contribution in [-0.4, -0.2) is 42.1 Å². The van der Waals surface area contributed by atoms with E-state index in [4.69, 9.17) is 0 Å². The standard InChI is InChI=1S/C20H31N3O/c1-16(2)9-10-17(3)22-13-11-20(12-14-22)19(24)21-15-23(20)18-7-5-4-6-8-18/h4-8,16-17H,9-15H2,1-3H3,(H,21,24). The van der Waals surface area contributed by atoms with Crippen molar-refractivity contribution in [2.24, 2.45) is 5.92 Å². The van der Waals surface area contributed by atoms with E-state index in [0.717, 1.165) is 37.5 Å². The number of carbonyl (C=O) groups excluding carboxylic acids is 1. The van der Waals surface area contributed by atoms with Gasteiger partial charge in [-0.05, 0) is 50.7 Å². The summed E-state index contributed by atoms with van der Waals surface area (Å²) in [6.45, 7) is 9.57. The van der Waals surface area contributed by atoms with Crippen molar-refractivity contribution in [1.29, 1.82) is 0 Å². The first-order chi connectivity index (χ1) is 11.5. The van der Waals surface area contributed by atoms with Gasteiger partial charge >= 0.3 is 0 Å². The number of rotatable bonds is 5. The first kappa shape index (κ1) is 17.3. The second kappa shape index (κ2) is 7.14. The third-order valence-electron chi connectivity index (χ3n) is 5.82. The number of nitrogens with zero attached hydrogens (tertiary/aromatic N) is 2. The molecule has 2 heterocycles. The van der Waals surface area contributed by atoms with Crippen LogP contribution in [-0.2, 0) is 4.79 Å². The van der Waals surface area contributed by atoms with Gasteiger partial charge in [0.2, 0.25) is 5.91 Å². The molecule has 4 heteroatoms. The number of carbonyl (C=O) groups is 1. The number of para-hydroxylation sites is 1. The number of piperidine rings is 1. The Morgan fingerprint density at radius 2 is 1.75 bits per heavy atom. The Hall–Kier alpha value is -1.55. The smallest absolute Gasteiger partial charge is 0.247 e. The molecule has 132 valence electrons. The highest BCUT2D eigenvalue weighted by Crippen LogP contribution is 2.36. The zero-order chi connectivity index (χ0) is 17.2. The number of hydrogen-bond donors (Lipinski definition) is 1. The van der Waals surface area contributed by atoms with Crippen LogP contribution < -0.4 is 10.2 Å². The molecule has 0 saturated carbocycles. The monoisotopic (exact) mass is 329 g/mol. The third-order valence-corrected chi connectivity index (χ3v) is 5.82. The normalized spacial score (nSPS) is 22.2. The molecule has 1 N–H and O–H groups in total. The van der Waals surface area contributed by atoms with E-state index in [1.54, 1.807) is 0 Å². The lowest BCUT2D eigenvalue weighted by Gasteiger charge is -2.45. The lowest BCUT2D eigenvalue weighted by molar-refractivity contribution is -0.125. The molecule has 0 aromatic heterocycles. The Balaban J connectivity index is 1.67.